The zero-order chi connectivity index (χ0) is 13.9. The SMILES string of the molecule is CCNC(C)(C)C(=O)Cc1c(F)ccc(Br)c1F. The molecule has 100 valence electrons. The molecule has 0 aromatic heterocycles. The van der Waals surface area contributed by atoms with E-state index in [0.29, 0.717) is 6.54 Å². The smallest absolute Gasteiger partial charge is 0.156 e. The van der Waals surface area contributed by atoms with Crippen LogP contribution in [0.2, 0.25) is 0 Å². The predicted molar refractivity (Wildman–Crippen MR) is 70.5 cm³/mol. The number of carbonyl (C=O) groups excluding carboxylic acids is 1. The average Bonchev–Trinajstić information content (AvgIpc) is 2.29. The summed E-state index contributed by atoms with van der Waals surface area (Å²) in [5, 5.41) is 2.99. The van der Waals surface area contributed by atoms with Gasteiger partial charge in [-0.15, -0.1) is 0 Å². The lowest BCUT2D eigenvalue weighted by Gasteiger charge is -2.24. The summed E-state index contributed by atoms with van der Waals surface area (Å²) in [6.07, 6.45) is -0.267. The van der Waals surface area contributed by atoms with Crippen molar-refractivity contribution in [1.29, 1.82) is 0 Å². The lowest BCUT2D eigenvalue weighted by molar-refractivity contribution is -0.123. The third kappa shape index (κ3) is 3.36. The van der Waals surface area contributed by atoms with Crippen LogP contribution in [-0.2, 0) is 11.2 Å². The van der Waals surface area contributed by atoms with E-state index in [4.69, 9.17) is 0 Å². The van der Waals surface area contributed by atoms with Gasteiger partial charge in [-0.1, -0.05) is 6.92 Å². The Morgan fingerprint density at radius 2 is 2.00 bits per heavy atom. The van der Waals surface area contributed by atoms with Crippen molar-refractivity contribution in [2.24, 2.45) is 0 Å². The average molecular weight is 320 g/mol. The van der Waals surface area contributed by atoms with Crippen LogP contribution in [0.4, 0.5) is 8.78 Å². The molecule has 1 N–H and O–H groups in total. The van der Waals surface area contributed by atoms with Crippen molar-refractivity contribution in [1.82, 2.24) is 5.32 Å². The van der Waals surface area contributed by atoms with E-state index >= 15 is 0 Å². The van der Waals surface area contributed by atoms with E-state index in [0.717, 1.165) is 6.07 Å². The van der Waals surface area contributed by atoms with Crippen LogP contribution >= 0.6 is 15.9 Å². The van der Waals surface area contributed by atoms with E-state index in [1.165, 1.54) is 6.07 Å². The molecule has 0 bridgehead atoms. The van der Waals surface area contributed by atoms with Gasteiger partial charge in [-0.25, -0.2) is 8.78 Å². The molecule has 0 aliphatic heterocycles. The van der Waals surface area contributed by atoms with Crippen LogP contribution in [0, 0.1) is 11.6 Å². The van der Waals surface area contributed by atoms with E-state index in [1.807, 2.05) is 6.92 Å². The van der Waals surface area contributed by atoms with Crippen molar-refractivity contribution in [3.05, 3.63) is 33.8 Å². The standard InChI is InChI=1S/C13H16BrF2NO/c1-4-17-13(2,3)11(18)7-8-10(15)6-5-9(14)12(8)16/h5-6,17H,4,7H2,1-3H3. The Balaban J connectivity index is 2.99. The Morgan fingerprint density at radius 1 is 1.39 bits per heavy atom. The van der Waals surface area contributed by atoms with Crippen LogP contribution < -0.4 is 5.32 Å². The van der Waals surface area contributed by atoms with Gasteiger partial charge in [-0.2, -0.15) is 0 Å². The first kappa shape index (κ1) is 15.2. The molecular formula is C13H16BrF2NO. The lowest BCUT2D eigenvalue weighted by Crippen LogP contribution is -2.47. The van der Waals surface area contributed by atoms with Gasteiger partial charge in [0.2, 0.25) is 0 Å². The highest BCUT2D eigenvalue weighted by Gasteiger charge is 2.28. The molecule has 5 heteroatoms. The number of hydrogen-bond donors (Lipinski definition) is 1. The maximum Gasteiger partial charge on any atom is 0.156 e. The monoisotopic (exact) mass is 319 g/mol. The van der Waals surface area contributed by atoms with Crippen molar-refractivity contribution in [2.75, 3.05) is 6.54 Å². The van der Waals surface area contributed by atoms with Gasteiger partial charge in [0.1, 0.15) is 11.6 Å². The molecular weight excluding hydrogens is 304 g/mol. The largest absolute Gasteiger partial charge is 0.306 e. The summed E-state index contributed by atoms with van der Waals surface area (Å²) in [4.78, 5) is 12.0. The second-order valence-electron chi connectivity index (χ2n) is 4.58. The maximum absolute atomic E-state index is 13.7. The fourth-order valence-electron chi connectivity index (χ4n) is 1.65. The molecule has 0 saturated heterocycles. The summed E-state index contributed by atoms with van der Waals surface area (Å²) >= 11 is 2.98. The second-order valence-corrected chi connectivity index (χ2v) is 5.43. The van der Waals surface area contributed by atoms with Crippen LogP contribution in [0.1, 0.15) is 26.3 Å². The third-order valence-corrected chi connectivity index (χ3v) is 3.40. The fourth-order valence-corrected chi connectivity index (χ4v) is 2.02. The molecule has 0 atom stereocenters. The number of rotatable bonds is 5. The number of hydrogen-bond acceptors (Lipinski definition) is 2. The number of Topliss-reactive ketones (excluding diaryl/α,β-unsaturated/α-hetero) is 1. The Bertz CT molecular complexity index is 461. The molecule has 0 saturated carbocycles. The zero-order valence-corrected chi connectivity index (χ0v) is 12.2. The number of nitrogens with one attached hydrogen (secondary N) is 1. The minimum atomic E-state index is -0.796. The predicted octanol–water partition coefficient (Wildman–Crippen LogP) is 3.23. The van der Waals surface area contributed by atoms with Gasteiger partial charge < -0.3 is 5.32 Å². The van der Waals surface area contributed by atoms with Gasteiger partial charge in [-0.05, 0) is 48.5 Å². The number of carbonyl (C=O) groups is 1. The maximum atomic E-state index is 13.7. The summed E-state index contributed by atoms with van der Waals surface area (Å²) in [7, 11) is 0. The first-order valence-electron chi connectivity index (χ1n) is 5.70. The van der Waals surface area contributed by atoms with Crippen LogP contribution in [0.5, 0.6) is 0 Å². The van der Waals surface area contributed by atoms with Gasteiger partial charge in [0, 0.05) is 12.0 Å². The number of halogens is 3. The molecule has 1 aromatic carbocycles. The molecule has 0 aliphatic rings. The van der Waals surface area contributed by atoms with E-state index in [-0.39, 0.29) is 22.2 Å². The highest BCUT2D eigenvalue weighted by atomic mass is 79.9. The molecule has 0 aliphatic carbocycles. The molecule has 0 heterocycles. The molecule has 0 spiro atoms. The normalized spacial score (nSPS) is 11.7. The number of ketones is 1. The van der Waals surface area contributed by atoms with Crippen LogP contribution in [0.3, 0.4) is 0 Å². The van der Waals surface area contributed by atoms with Crippen molar-refractivity contribution in [3.8, 4) is 0 Å². The second kappa shape index (κ2) is 5.89. The number of likely N-dealkylation sites (N-methyl/N-ethyl adjacent to an activating group) is 1. The summed E-state index contributed by atoms with van der Waals surface area (Å²) in [5.41, 5.74) is -0.990. The molecule has 0 amide bonds. The Labute approximate surface area is 114 Å². The highest BCUT2D eigenvalue weighted by Crippen LogP contribution is 2.23. The van der Waals surface area contributed by atoms with Crippen molar-refractivity contribution < 1.29 is 13.6 Å². The molecule has 0 radical (unpaired) electrons. The van der Waals surface area contributed by atoms with Crippen molar-refractivity contribution in [2.45, 2.75) is 32.7 Å². The van der Waals surface area contributed by atoms with E-state index in [1.54, 1.807) is 13.8 Å². The van der Waals surface area contributed by atoms with Crippen LogP contribution in [0.15, 0.2) is 16.6 Å². The lowest BCUT2D eigenvalue weighted by atomic mass is 9.93. The summed E-state index contributed by atoms with van der Waals surface area (Å²) in [6.45, 7) is 5.89. The minimum Gasteiger partial charge on any atom is -0.306 e. The third-order valence-electron chi connectivity index (χ3n) is 2.79. The quantitative estimate of drug-likeness (QED) is 0.844. The van der Waals surface area contributed by atoms with Gasteiger partial charge in [0.05, 0.1) is 10.0 Å². The molecule has 2 nitrogen and oxygen atoms in total. The summed E-state index contributed by atoms with van der Waals surface area (Å²) < 4.78 is 27.4. The molecule has 0 unspecified atom stereocenters. The van der Waals surface area contributed by atoms with Gasteiger partial charge in [0.25, 0.3) is 0 Å². The zero-order valence-electron chi connectivity index (χ0n) is 10.6. The molecule has 18 heavy (non-hydrogen) atoms. The van der Waals surface area contributed by atoms with Crippen LogP contribution in [-0.4, -0.2) is 17.9 Å². The first-order valence-corrected chi connectivity index (χ1v) is 6.49. The topological polar surface area (TPSA) is 29.1 Å². The van der Waals surface area contributed by atoms with Gasteiger partial charge in [-0.3, -0.25) is 4.79 Å². The van der Waals surface area contributed by atoms with Crippen LogP contribution in [0.25, 0.3) is 0 Å². The summed E-state index contributed by atoms with van der Waals surface area (Å²) in [5.74, 6) is -1.66. The number of benzene rings is 1. The highest BCUT2D eigenvalue weighted by molar-refractivity contribution is 9.10. The Hall–Kier alpha value is -0.810. The van der Waals surface area contributed by atoms with Gasteiger partial charge >= 0.3 is 0 Å². The van der Waals surface area contributed by atoms with E-state index < -0.39 is 17.2 Å². The molecule has 0 fully saturated rings. The first-order chi connectivity index (χ1) is 8.29. The van der Waals surface area contributed by atoms with Gasteiger partial charge in [0.15, 0.2) is 5.78 Å². The summed E-state index contributed by atoms with van der Waals surface area (Å²) in [6, 6.07) is 2.43. The Morgan fingerprint density at radius 3 is 2.56 bits per heavy atom. The van der Waals surface area contributed by atoms with E-state index in [2.05, 4.69) is 21.2 Å². The fraction of sp³-hybridized carbons (Fsp3) is 0.462. The molecule has 1 rings (SSSR count). The van der Waals surface area contributed by atoms with Crippen molar-refractivity contribution in [3.63, 3.8) is 0 Å². The van der Waals surface area contributed by atoms with E-state index in [9.17, 15) is 13.6 Å². The minimum absolute atomic E-state index is 0.160. The Kier molecular flexibility index (Phi) is 4.99. The van der Waals surface area contributed by atoms with Crippen molar-refractivity contribution >= 4 is 21.7 Å². The molecule has 1 aromatic rings.